The van der Waals surface area contributed by atoms with Crippen LogP contribution in [0.3, 0.4) is 0 Å². The maximum atomic E-state index is 13.0. The fourth-order valence-corrected chi connectivity index (χ4v) is 1.01. The van der Waals surface area contributed by atoms with Crippen LogP contribution in [-0.2, 0) is 0 Å². The molecule has 0 aliphatic carbocycles. The van der Waals surface area contributed by atoms with Gasteiger partial charge in [-0.3, -0.25) is 4.79 Å². The summed E-state index contributed by atoms with van der Waals surface area (Å²) in [7, 11) is 1.53. The summed E-state index contributed by atoms with van der Waals surface area (Å²) in [5, 5.41) is 11.5. The lowest BCUT2D eigenvalue weighted by Crippen LogP contribution is -2.19. The molecular formula is C9H9F2NO2. The number of phenols is 1. The summed E-state index contributed by atoms with van der Waals surface area (Å²) in [5.74, 6) is -3.32. The van der Waals surface area contributed by atoms with Crippen molar-refractivity contribution < 1.29 is 18.7 Å². The minimum atomic E-state index is -1.08. The number of carbonyl (C=O) groups is 1. The van der Waals surface area contributed by atoms with Crippen molar-refractivity contribution in [3.8, 4) is 5.75 Å². The van der Waals surface area contributed by atoms with Crippen LogP contribution in [0, 0.1) is 11.6 Å². The van der Waals surface area contributed by atoms with Crippen molar-refractivity contribution in [2.75, 3.05) is 13.6 Å². The van der Waals surface area contributed by atoms with E-state index in [1.165, 1.54) is 7.05 Å². The molecule has 1 rings (SSSR count). The first-order valence-corrected chi connectivity index (χ1v) is 3.92. The summed E-state index contributed by atoms with van der Waals surface area (Å²) in [6.45, 7) is -0.0675. The minimum Gasteiger partial charge on any atom is -0.505 e. The average Bonchev–Trinajstić information content (AvgIpc) is 2.11. The van der Waals surface area contributed by atoms with Crippen LogP contribution in [0.1, 0.15) is 10.4 Å². The number of likely N-dealkylation sites (N-methyl/N-ethyl adjacent to an activating group) is 1. The number of carbonyl (C=O) groups excluding carboxylic acids is 1. The summed E-state index contributed by atoms with van der Waals surface area (Å²) in [6, 6.07) is 1.27. The molecule has 0 bridgehead atoms. The van der Waals surface area contributed by atoms with Gasteiger partial charge in [-0.15, -0.1) is 0 Å². The molecule has 3 nitrogen and oxygen atoms in total. The summed E-state index contributed by atoms with van der Waals surface area (Å²) < 4.78 is 25.6. The van der Waals surface area contributed by atoms with Crippen LogP contribution in [0.2, 0.25) is 0 Å². The monoisotopic (exact) mass is 201 g/mol. The smallest absolute Gasteiger partial charge is 0.179 e. The van der Waals surface area contributed by atoms with E-state index in [9.17, 15) is 13.6 Å². The third-order valence-corrected chi connectivity index (χ3v) is 1.67. The van der Waals surface area contributed by atoms with Gasteiger partial charge in [0.05, 0.1) is 12.1 Å². The molecule has 5 heteroatoms. The number of phenolic OH excluding ortho intramolecular Hbond substituents is 1. The number of hydrogen-bond donors (Lipinski definition) is 2. The highest BCUT2D eigenvalue weighted by atomic mass is 19.1. The molecule has 76 valence electrons. The van der Waals surface area contributed by atoms with E-state index in [1.807, 2.05) is 0 Å². The topological polar surface area (TPSA) is 49.3 Å². The second-order valence-corrected chi connectivity index (χ2v) is 2.74. The SMILES string of the molecule is CNCC(=O)c1cc(O)c(F)cc1F. The van der Waals surface area contributed by atoms with Crippen molar-refractivity contribution in [2.45, 2.75) is 0 Å². The van der Waals surface area contributed by atoms with Crippen LogP contribution in [0.15, 0.2) is 12.1 Å². The molecule has 0 aliphatic heterocycles. The molecule has 0 unspecified atom stereocenters. The first-order valence-electron chi connectivity index (χ1n) is 3.92. The van der Waals surface area contributed by atoms with Gasteiger partial charge in [-0.05, 0) is 13.1 Å². The van der Waals surface area contributed by atoms with E-state index < -0.39 is 23.2 Å². The van der Waals surface area contributed by atoms with Crippen LogP contribution in [0.5, 0.6) is 5.75 Å². The van der Waals surface area contributed by atoms with Crippen LogP contribution in [0.4, 0.5) is 8.78 Å². The van der Waals surface area contributed by atoms with Gasteiger partial charge >= 0.3 is 0 Å². The molecule has 1 aromatic rings. The van der Waals surface area contributed by atoms with E-state index in [0.717, 1.165) is 6.07 Å². The highest BCUT2D eigenvalue weighted by Gasteiger charge is 2.14. The van der Waals surface area contributed by atoms with Gasteiger partial charge in [-0.2, -0.15) is 0 Å². The molecule has 1 aromatic carbocycles. The van der Waals surface area contributed by atoms with E-state index in [4.69, 9.17) is 5.11 Å². The number of benzene rings is 1. The second kappa shape index (κ2) is 4.15. The predicted octanol–water partition coefficient (Wildman–Crippen LogP) is 1.07. The Morgan fingerprint density at radius 2 is 2.07 bits per heavy atom. The molecule has 0 heterocycles. The Kier molecular flexibility index (Phi) is 3.14. The number of Topliss-reactive ketones (excluding diaryl/α,β-unsaturated/α-hetero) is 1. The highest BCUT2D eigenvalue weighted by Crippen LogP contribution is 2.20. The van der Waals surface area contributed by atoms with Crippen LogP contribution < -0.4 is 5.32 Å². The average molecular weight is 201 g/mol. The largest absolute Gasteiger partial charge is 0.505 e. The van der Waals surface area contributed by atoms with Crippen LogP contribution >= 0.6 is 0 Å². The standard InChI is InChI=1S/C9H9F2NO2/c1-12-4-9(14)5-2-8(13)7(11)3-6(5)10/h2-3,12-13H,4H2,1H3. The highest BCUT2D eigenvalue weighted by molar-refractivity contribution is 5.98. The van der Waals surface area contributed by atoms with Crippen molar-refractivity contribution >= 4 is 5.78 Å². The molecule has 0 atom stereocenters. The van der Waals surface area contributed by atoms with E-state index in [-0.39, 0.29) is 12.1 Å². The number of hydrogen-bond acceptors (Lipinski definition) is 3. The van der Waals surface area contributed by atoms with Crippen molar-refractivity contribution in [2.24, 2.45) is 0 Å². The lowest BCUT2D eigenvalue weighted by molar-refractivity contribution is 0.0989. The number of halogens is 2. The fourth-order valence-electron chi connectivity index (χ4n) is 1.01. The second-order valence-electron chi connectivity index (χ2n) is 2.74. The van der Waals surface area contributed by atoms with Crippen LogP contribution in [0.25, 0.3) is 0 Å². The van der Waals surface area contributed by atoms with Crippen molar-refractivity contribution in [1.29, 1.82) is 0 Å². The zero-order valence-electron chi connectivity index (χ0n) is 7.47. The lowest BCUT2D eigenvalue weighted by Gasteiger charge is -2.03. The Morgan fingerprint density at radius 1 is 1.43 bits per heavy atom. The molecule has 0 amide bonds. The zero-order chi connectivity index (χ0) is 10.7. The first kappa shape index (κ1) is 10.6. The Balaban J connectivity index is 3.09. The Labute approximate surface area is 79.4 Å². The summed E-state index contributed by atoms with van der Waals surface area (Å²) in [5.41, 5.74) is -0.321. The van der Waals surface area contributed by atoms with E-state index in [2.05, 4.69) is 5.32 Å². The first-order chi connectivity index (χ1) is 6.56. The molecule has 0 radical (unpaired) electrons. The quantitative estimate of drug-likeness (QED) is 0.719. The maximum absolute atomic E-state index is 13.0. The van der Waals surface area contributed by atoms with Gasteiger partial charge in [0.15, 0.2) is 17.3 Å². The van der Waals surface area contributed by atoms with Gasteiger partial charge in [0.25, 0.3) is 0 Å². The zero-order valence-corrected chi connectivity index (χ0v) is 7.47. The third-order valence-electron chi connectivity index (χ3n) is 1.67. The normalized spacial score (nSPS) is 10.2. The van der Waals surface area contributed by atoms with Crippen molar-refractivity contribution in [1.82, 2.24) is 5.32 Å². The molecule has 0 fully saturated rings. The molecule has 0 aromatic heterocycles. The maximum Gasteiger partial charge on any atom is 0.179 e. The molecule has 0 saturated heterocycles. The molecule has 14 heavy (non-hydrogen) atoms. The molecular weight excluding hydrogens is 192 g/mol. The minimum absolute atomic E-state index is 0.0675. The number of nitrogens with one attached hydrogen (secondary N) is 1. The van der Waals surface area contributed by atoms with E-state index in [0.29, 0.717) is 6.07 Å². The fraction of sp³-hybridized carbons (Fsp3) is 0.222. The van der Waals surface area contributed by atoms with Crippen molar-refractivity contribution in [3.63, 3.8) is 0 Å². The summed E-state index contributed by atoms with van der Waals surface area (Å²) in [6.07, 6.45) is 0. The molecule has 2 N–H and O–H groups in total. The summed E-state index contributed by atoms with van der Waals surface area (Å²) >= 11 is 0. The third kappa shape index (κ3) is 2.05. The van der Waals surface area contributed by atoms with Crippen LogP contribution in [-0.4, -0.2) is 24.5 Å². The number of rotatable bonds is 3. The number of aromatic hydroxyl groups is 1. The number of ketones is 1. The summed E-state index contributed by atoms with van der Waals surface area (Å²) in [4.78, 5) is 11.2. The Bertz CT molecular complexity index is 366. The van der Waals surface area contributed by atoms with Gasteiger partial charge in [-0.25, -0.2) is 8.78 Å². The Morgan fingerprint density at radius 3 is 2.64 bits per heavy atom. The van der Waals surface area contributed by atoms with E-state index >= 15 is 0 Å². The van der Waals surface area contributed by atoms with Gasteiger partial charge < -0.3 is 10.4 Å². The van der Waals surface area contributed by atoms with Gasteiger partial charge in [0, 0.05) is 6.07 Å². The molecule has 0 aliphatic rings. The molecule has 0 spiro atoms. The van der Waals surface area contributed by atoms with Gasteiger partial charge in [-0.1, -0.05) is 0 Å². The van der Waals surface area contributed by atoms with Crippen molar-refractivity contribution in [3.05, 3.63) is 29.3 Å². The molecule has 0 saturated carbocycles. The van der Waals surface area contributed by atoms with Gasteiger partial charge in [0.1, 0.15) is 5.82 Å². The van der Waals surface area contributed by atoms with E-state index in [1.54, 1.807) is 0 Å². The predicted molar refractivity (Wildman–Crippen MR) is 46.3 cm³/mol. The van der Waals surface area contributed by atoms with Gasteiger partial charge in [0.2, 0.25) is 0 Å². The lowest BCUT2D eigenvalue weighted by atomic mass is 10.1. The Hall–Kier alpha value is -1.49.